The second-order valence-electron chi connectivity index (χ2n) is 10.5. The Morgan fingerprint density at radius 2 is 1.69 bits per heavy atom. The number of hydrogen-bond acceptors (Lipinski definition) is 5. The maximum Gasteiger partial charge on any atom is 0.307 e. The van der Waals surface area contributed by atoms with Gasteiger partial charge in [-0.2, -0.15) is 0 Å². The summed E-state index contributed by atoms with van der Waals surface area (Å²) in [5.74, 6) is 0.275. The third-order valence-corrected chi connectivity index (χ3v) is 7.28. The van der Waals surface area contributed by atoms with Gasteiger partial charge in [0, 0.05) is 29.8 Å². The van der Waals surface area contributed by atoms with E-state index in [-0.39, 0.29) is 30.7 Å². The second-order valence-corrected chi connectivity index (χ2v) is 10.5. The molecule has 4 aromatic rings. The van der Waals surface area contributed by atoms with E-state index in [9.17, 15) is 9.59 Å². The molecule has 0 bridgehead atoms. The Hall–Kier alpha value is -4.46. The van der Waals surface area contributed by atoms with Crippen LogP contribution in [0.4, 0.5) is 0 Å². The fourth-order valence-corrected chi connectivity index (χ4v) is 4.93. The number of hydrogen-bond donors (Lipinski definition) is 3. The van der Waals surface area contributed by atoms with Gasteiger partial charge < -0.3 is 20.4 Å². The molecule has 0 saturated heterocycles. The lowest BCUT2D eigenvalue weighted by atomic mass is 10.1. The lowest BCUT2D eigenvalue weighted by Gasteiger charge is -2.10. The van der Waals surface area contributed by atoms with Crippen LogP contribution in [0.3, 0.4) is 0 Å². The van der Waals surface area contributed by atoms with Gasteiger partial charge in [-0.1, -0.05) is 80.8 Å². The molecule has 0 atom stereocenters. The van der Waals surface area contributed by atoms with E-state index in [0.29, 0.717) is 17.7 Å². The van der Waals surface area contributed by atoms with Crippen molar-refractivity contribution in [3.63, 3.8) is 0 Å². The lowest BCUT2D eigenvalue weighted by molar-refractivity contribution is -0.143. The molecule has 42 heavy (non-hydrogen) atoms. The highest BCUT2D eigenvalue weighted by atomic mass is 16.5. The molecule has 0 aliphatic rings. The predicted molar refractivity (Wildman–Crippen MR) is 168 cm³/mol. The van der Waals surface area contributed by atoms with Gasteiger partial charge in [0.05, 0.1) is 24.1 Å². The summed E-state index contributed by atoms with van der Waals surface area (Å²) in [5.41, 5.74) is 10.7. The highest BCUT2D eigenvalue weighted by Gasteiger charge is 2.16. The molecule has 4 rings (SSSR count). The van der Waals surface area contributed by atoms with Crippen molar-refractivity contribution in [2.75, 3.05) is 13.2 Å². The number of unbranched alkanes of at least 4 members (excludes halogenated alkanes) is 4. The number of carbonyl (C=O) groups excluding carboxylic acids is 2. The number of benzene rings is 3. The van der Waals surface area contributed by atoms with Crippen molar-refractivity contribution in [3.05, 3.63) is 89.5 Å². The minimum absolute atomic E-state index is 0.0202. The minimum atomic E-state index is -0.298. The van der Waals surface area contributed by atoms with Crippen LogP contribution in [-0.4, -0.2) is 40.4 Å². The Bertz CT molecular complexity index is 1480. The van der Waals surface area contributed by atoms with Crippen LogP contribution in [0.1, 0.15) is 73.4 Å². The molecule has 220 valence electrons. The molecule has 0 radical (unpaired) electrons. The average molecular weight is 568 g/mol. The molecule has 8 heteroatoms. The molecule has 0 aliphatic heterocycles. The van der Waals surface area contributed by atoms with Crippen molar-refractivity contribution in [3.8, 4) is 11.4 Å². The SMILES string of the molecule is CCCCCCOC(=O)CCNC(=O)c1ccc2c(c1)nc(-c1ccc(C(=N)N)cc1)n2CCCCc1ccccc1. The number of amides is 1. The van der Waals surface area contributed by atoms with Gasteiger partial charge in [-0.3, -0.25) is 15.0 Å². The Morgan fingerprint density at radius 1 is 0.929 bits per heavy atom. The zero-order valence-electron chi connectivity index (χ0n) is 24.4. The van der Waals surface area contributed by atoms with Crippen molar-refractivity contribution in [1.82, 2.24) is 14.9 Å². The number of esters is 1. The number of imidazole rings is 1. The quantitative estimate of drug-likeness (QED) is 0.0639. The van der Waals surface area contributed by atoms with Crippen molar-refractivity contribution in [2.24, 2.45) is 5.73 Å². The van der Waals surface area contributed by atoms with Crippen LogP contribution in [0.15, 0.2) is 72.8 Å². The van der Waals surface area contributed by atoms with Crippen molar-refractivity contribution < 1.29 is 14.3 Å². The fourth-order valence-electron chi connectivity index (χ4n) is 4.93. The third kappa shape index (κ3) is 8.52. The summed E-state index contributed by atoms with van der Waals surface area (Å²) < 4.78 is 7.45. The van der Waals surface area contributed by atoms with Gasteiger partial charge in [0.25, 0.3) is 5.91 Å². The summed E-state index contributed by atoms with van der Waals surface area (Å²) in [6.07, 6.45) is 7.34. The molecule has 1 amide bonds. The van der Waals surface area contributed by atoms with Gasteiger partial charge in [0.15, 0.2) is 0 Å². The molecule has 4 N–H and O–H groups in total. The van der Waals surface area contributed by atoms with Crippen LogP contribution in [0.5, 0.6) is 0 Å². The van der Waals surface area contributed by atoms with E-state index in [4.69, 9.17) is 20.9 Å². The highest BCUT2D eigenvalue weighted by Crippen LogP contribution is 2.27. The molecule has 0 unspecified atom stereocenters. The van der Waals surface area contributed by atoms with Gasteiger partial charge in [0.2, 0.25) is 0 Å². The van der Waals surface area contributed by atoms with Gasteiger partial charge in [-0.05, 0) is 49.4 Å². The number of amidine groups is 1. The van der Waals surface area contributed by atoms with E-state index < -0.39 is 0 Å². The van der Waals surface area contributed by atoms with E-state index in [2.05, 4.69) is 41.1 Å². The number of aromatic nitrogens is 2. The van der Waals surface area contributed by atoms with Crippen molar-refractivity contribution >= 4 is 28.7 Å². The van der Waals surface area contributed by atoms with Crippen LogP contribution in [0.25, 0.3) is 22.4 Å². The van der Waals surface area contributed by atoms with Gasteiger partial charge in [-0.15, -0.1) is 0 Å². The number of aryl methyl sites for hydroxylation is 2. The molecule has 0 spiro atoms. The summed E-state index contributed by atoms with van der Waals surface area (Å²) in [4.78, 5) is 29.8. The summed E-state index contributed by atoms with van der Waals surface area (Å²) in [6, 6.07) is 23.5. The topological polar surface area (TPSA) is 123 Å². The molecule has 1 aromatic heterocycles. The smallest absolute Gasteiger partial charge is 0.307 e. The minimum Gasteiger partial charge on any atom is -0.466 e. The highest BCUT2D eigenvalue weighted by molar-refractivity contribution is 5.98. The van der Waals surface area contributed by atoms with Crippen molar-refractivity contribution in [2.45, 2.75) is 64.8 Å². The first-order valence-electron chi connectivity index (χ1n) is 14.9. The first kappa shape index (κ1) is 30.5. The van der Waals surface area contributed by atoms with Crippen LogP contribution in [0, 0.1) is 5.41 Å². The number of nitrogens with zero attached hydrogens (tertiary/aromatic N) is 2. The summed E-state index contributed by atoms with van der Waals surface area (Å²) >= 11 is 0. The fraction of sp³-hybridized carbons (Fsp3) is 0.353. The van der Waals surface area contributed by atoms with Gasteiger partial charge in [0.1, 0.15) is 11.7 Å². The maximum atomic E-state index is 12.9. The normalized spacial score (nSPS) is 11.0. The monoisotopic (exact) mass is 567 g/mol. The number of nitrogens with one attached hydrogen (secondary N) is 2. The number of nitrogen functional groups attached to an aromatic ring is 1. The summed E-state index contributed by atoms with van der Waals surface area (Å²) in [6.45, 7) is 3.56. The molecule has 0 fully saturated rings. The Morgan fingerprint density at radius 3 is 2.43 bits per heavy atom. The molecule has 8 nitrogen and oxygen atoms in total. The molecular weight excluding hydrogens is 526 g/mol. The number of rotatable bonds is 16. The summed E-state index contributed by atoms with van der Waals surface area (Å²) in [7, 11) is 0. The second kappa shape index (κ2) is 15.5. The van der Waals surface area contributed by atoms with Crippen LogP contribution in [-0.2, 0) is 22.5 Å². The van der Waals surface area contributed by atoms with Crippen LogP contribution >= 0.6 is 0 Å². The predicted octanol–water partition coefficient (Wildman–Crippen LogP) is 6.25. The zero-order valence-corrected chi connectivity index (χ0v) is 24.4. The Labute approximate surface area is 247 Å². The lowest BCUT2D eigenvalue weighted by Crippen LogP contribution is -2.26. The summed E-state index contributed by atoms with van der Waals surface area (Å²) in [5, 5.41) is 10.5. The van der Waals surface area contributed by atoms with E-state index in [1.165, 1.54) is 5.56 Å². The van der Waals surface area contributed by atoms with Gasteiger partial charge >= 0.3 is 5.97 Å². The third-order valence-electron chi connectivity index (χ3n) is 7.28. The number of ether oxygens (including phenoxy) is 1. The first-order chi connectivity index (χ1) is 20.5. The van der Waals surface area contributed by atoms with E-state index in [0.717, 1.165) is 73.9 Å². The first-order valence-corrected chi connectivity index (χ1v) is 14.9. The Kier molecular flexibility index (Phi) is 11.3. The van der Waals surface area contributed by atoms with Crippen LogP contribution < -0.4 is 11.1 Å². The number of nitrogens with two attached hydrogens (primary N) is 1. The van der Waals surface area contributed by atoms with Crippen LogP contribution in [0.2, 0.25) is 0 Å². The molecule has 0 saturated carbocycles. The van der Waals surface area contributed by atoms with Crippen molar-refractivity contribution in [1.29, 1.82) is 5.41 Å². The number of carbonyl (C=O) groups is 2. The Balaban J connectivity index is 1.44. The number of fused-ring (bicyclic) bond motifs is 1. The molecule has 0 aliphatic carbocycles. The van der Waals surface area contributed by atoms with E-state index in [1.807, 2.05) is 36.4 Å². The van der Waals surface area contributed by atoms with Gasteiger partial charge in [-0.25, -0.2) is 4.98 Å². The molecular formula is C34H41N5O3. The molecule has 3 aromatic carbocycles. The average Bonchev–Trinajstić information content (AvgIpc) is 3.37. The molecule has 1 heterocycles. The largest absolute Gasteiger partial charge is 0.466 e. The standard InChI is InChI=1S/C34H41N5O3/c1-2-3-4-10-23-42-31(40)20-21-37-34(41)28-18-19-30-29(24-28)38-33(27-16-14-26(15-17-27)32(35)36)39(30)22-9-8-13-25-11-6-5-7-12-25/h5-7,11-12,14-19,24H,2-4,8-10,13,20-23H2,1H3,(H3,35,36)(H,37,41). The maximum absolute atomic E-state index is 12.9. The van der Waals surface area contributed by atoms with E-state index in [1.54, 1.807) is 12.1 Å². The zero-order chi connectivity index (χ0) is 29.7. The van der Waals surface area contributed by atoms with E-state index >= 15 is 0 Å².